The quantitative estimate of drug-likeness (QED) is 0.285. The molecule has 2 aromatic carbocycles. The molecule has 0 bridgehead atoms. The number of rotatable bonds is 9. The van der Waals surface area contributed by atoms with E-state index in [9.17, 15) is 12.6 Å². The molecule has 0 saturated carbocycles. The molecule has 1 atom stereocenters. The molecule has 0 aliphatic carbocycles. The summed E-state index contributed by atoms with van der Waals surface area (Å²) < 4.78 is 39.9. The first-order valence-electron chi connectivity index (χ1n) is 9.75. The first-order valence-corrected chi connectivity index (χ1v) is 13.6. The summed E-state index contributed by atoms with van der Waals surface area (Å²) in [6.07, 6.45) is 8.93. The van der Waals surface area contributed by atoms with Crippen LogP contribution in [0.1, 0.15) is 26.7 Å². The van der Waals surface area contributed by atoms with Gasteiger partial charge >= 0.3 is 0 Å². The van der Waals surface area contributed by atoms with Crippen molar-refractivity contribution in [1.82, 2.24) is 4.31 Å². The Morgan fingerprint density at radius 3 is 1.97 bits per heavy atom. The Bertz CT molecular complexity index is 980. The SMILES string of the molecule is C#C.CC.CN(C)S(=O)(=O)CCCCN(c1cc(Cl)ccc1Cl)S(=O)c1ccc(Cl)cc1. The molecule has 2 rings (SSSR count). The summed E-state index contributed by atoms with van der Waals surface area (Å²) in [5.74, 6) is 0.0185. The van der Waals surface area contributed by atoms with Crippen LogP contribution < -0.4 is 4.31 Å². The summed E-state index contributed by atoms with van der Waals surface area (Å²) in [5.41, 5.74) is 0.526. The van der Waals surface area contributed by atoms with E-state index in [1.807, 2.05) is 13.8 Å². The van der Waals surface area contributed by atoms with Gasteiger partial charge in [-0.3, -0.25) is 4.31 Å². The topological polar surface area (TPSA) is 57.7 Å². The molecule has 0 aliphatic rings. The Balaban J connectivity index is 0.00000227. The summed E-state index contributed by atoms with van der Waals surface area (Å²) in [7, 11) is -1.83. The Hall–Kier alpha value is -1.27. The minimum Gasteiger partial charge on any atom is -0.286 e. The van der Waals surface area contributed by atoms with Crippen LogP contribution in [0.4, 0.5) is 5.69 Å². The Kier molecular flexibility index (Phi) is 14.9. The zero-order chi connectivity index (χ0) is 24.9. The fourth-order valence-corrected chi connectivity index (χ4v) is 5.11. The number of anilines is 1. The number of hydrogen-bond acceptors (Lipinski definition) is 3. The maximum absolute atomic E-state index is 13.2. The number of sulfonamides is 1. The smallest absolute Gasteiger partial charge is 0.213 e. The van der Waals surface area contributed by atoms with Gasteiger partial charge in [0.25, 0.3) is 0 Å². The van der Waals surface area contributed by atoms with Gasteiger partial charge in [0.05, 0.1) is 21.4 Å². The molecule has 0 aromatic heterocycles. The highest BCUT2D eigenvalue weighted by Gasteiger charge is 2.20. The fraction of sp³-hybridized carbons (Fsp3) is 0.364. The number of nitrogens with zero attached hydrogens (tertiary/aromatic N) is 2. The average molecular weight is 540 g/mol. The van der Waals surface area contributed by atoms with Crippen LogP contribution in [-0.2, 0) is 21.0 Å². The monoisotopic (exact) mass is 538 g/mol. The molecule has 0 N–H and O–H groups in total. The second-order valence-electron chi connectivity index (χ2n) is 6.21. The average Bonchev–Trinajstić information content (AvgIpc) is 2.78. The second kappa shape index (κ2) is 15.5. The van der Waals surface area contributed by atoms with Crippen LogP contribution in [0.2, 0.25) is 15.1 Å². The molecule has 10 heteroatoms. The Morgan fingerprint density at radius 2 is 1.44 bits per heavy atom. The van der Waals surface area contributed by atoms with E-state index in [-0.39, 0.29) is 5.75 Å². The van der Waals surface area contributed by atoms with Crippen LogP contribution in [-0.4, -0.2) is 43.3 Å². The van der Waals surface area contributed by atoms with E-state index in [4.69, 9.17) is 34.8 Å². The van der Waals surface area contributed by atoms with Gasteiger partial charge in [0.2, 0.25) is 10.0 Å². The Morgan fingerprint density at radius 1 is 0.906 bits per heavy atom. The third-order valence-corrected chi connectivity index (χ3v) is 8.14. The van der Waals surface area contributed by atoms with Crippen LogP contribution in [0.5, 0.6) is 0 Å². The standard InChI is InChI=1S/C18H21Cl3N2O3S2.C2H6.C2H2/c1-22(2)28(25,26)12-4-3-11-23(18-13-15(20)7-10-17(18)21)27(24)16-8-5-14(19)6-9-16;2*1-2/h5-10,13H,3-4,11-12H2,1-2H3;1-2H3;1-2H. The van der Waals surface area contributed by atoms with Gasteiger partial charge in [-0.05, 0) is 55.3 Å². The third kappa shape index (κ3) is 9.70. The van der Waals surface area contributed by atoms with Gasteiger partial charge in [-0.1, -0.05) is 48.7 Å². The van der Waals surface area contributed by atoms with Gasteiger partial charge in [0.15, 0.2) is 11.0 Å². The van der Waals surface area contributed by atoms with Crippen molar-refractivity contribution in [2.45, 2.75) is 31.6 Å². The van der Waals surface area contributed by atoms with Crippen molar-refractivity contribution in [3.05, 3.63) is 57.5 Å². The highest BCUT2D eigenvalue weighted by atomic mass is 35.5. The molecule has 0 radical (unpaired) electrons. The van der Waals surface area contributed by atoms with Crippen LogP contribution in [0.15, 0.2) is 47.4 Å². The number of halogens is 3. The Labute approximate surface area is 210 Å². The van der Waals surface area contributed by atoms with E-state index in [0.717, 1.165) is 0 Å². The minimum absolute atomic E-state index is 0.0185. The van der Waals surface area contributed by atoms with Gasteiger partial charge in [0.1, 0.15) is 0 Å². The molecule has 2 aromatic rings. The first kappa shape index (κ1) is 30.7. The summed E-state index contributed by atoms with van der Waals surface area (Å²) in [5, 5.41) is 1.42. The van der Waals surface area contributed by atoms with Crippen molar-refractivity contribution in [2.24, 2.45) is 0 Å². The molecule has 1 unspecified atom stereocenters. The van der Waals surface area contributed by atoms with E-state index in [0.29, 0.717) is 45.0 Å². The van der Waals surface area contributed by atoms with E-state index < -0.39 is 21.0 Å². The maximum Gasteiger partial charge on any atom is 0.213 e. The van der Waals surface area contributed by atoms with Gasteiger partial charge < -0.3 is 0 Å². The van der Waals surface area contributed by atoms with Crippen molar-refractivity contribution < 1.29 is 12.6 Å². The maximum atomic E-state index is 13.2. The normalized spacial score (nSPS) is 11.6. The first-order chi connectivity index (χ1) is 15.1. The summed E-state index contributed by atoms with van der Waals surface area (Å²) in [6.45, 7) is 4.35. The predicted octanol–water partition coefficient (Wildman–Crippen LogP) is 6.12. The number of hydrogen-bond donors (Lipinski definition) is 0. The van der Waals surface area contributed by atoms with E-state index in [2.05, 4.69) is 12.8 Å². The van der Waals surface area contributed by atoms with Crippen molar-refractivity contribution in [2.75, 3.05) is 30.7 Å². The molecular weight excluding hydrogens is 511 g/mol. The van der Waals surface area contributed by atoms with Gasteiger partial charge in [-0.25, -0.2) is 16.9 Å². The van der Waals surface area contributed by atoms with Gasteiger partial charge in [0, 0.05) is 30.7 Å². The number of benzene rings is 2. The largest absolute Gasteiger partial charge is 0.286 e. The molecule has 5 nitrogen and oxygen atoms in total. The van der Waals surface area contributed by atoms with Crippen molar-refractivity contribution in [1.29, 1.82) is 0 Å². The number of terminal acetylenes is 1. The van der Waals surface area contributed by atoms with Crippen molar-refractivity contribution >= 4 is 61.5 Å². The summed E-state index contributed by atoms with van der Waals surface area (Å²) >= 11 is 18.3. The molecular formula is C22H29Cl3N2O3S2. The lowest BCUT2D eigenvalue weighted by molar-refractivity contribution is 0.517. The lowest BCUT2D eigenvalue weighted by Crippen LogP contribution is -2.29. The number of unbranched alkanes of at least 4 members (excludes halogenated alkanes) is 1. The van der Waals surface area contributed by atoms with Crippen LogP contribution >= 0.6 is 34.8 Å². The van der Waals surface area contributed by atoms with Gasteiger partial charge in [-0.15, -0.1) is 12.8 Å². The third-order valence-electron chi connectivity index (χ3n) is 3.96. The molecule has 0 aliphatic heterocycles. The lowest BCUT2D eigenvalue weighted by Gasteiger charge is -2.25. The molecule has 178 valence electrons. The molecule has 0 amide bonds. The van der Waals surface area contributed by atoms with E-state index in [1.165, 1.54) is 18.4 Å². The molecule has 32 heavy (non-hydrogen) atoms. The van der Waals surface area contributed by atoms with Crippen LogP contribution in [0.25, 0.3) is 0 Å². The van der Waals surface area contributed by atoms with Crippen LogP contribution in [0, 0.1) is 12.8 Å². The highest BCUT2D eigenvalue weighted by molar-refractivity contribution is 7.89. The lowest BCUT2D eigenvalue weighted by atomic mass is 10.3. The molecule has 0 heterocycles. The fourth-order valence-electron chi connectivity index (χ4n) is 2.37. The van der Waals surface area contributed by atoms with E-state index >= 15 is 0 Å². The highest BCUT2D eigenvalue weighted by Crippen LogP contribution is 2.32. The predicted molar refractivity (Wildman–Crippen MR) is 140 cm³/mol. The molecule has 0 fully saturated rings. The van der Waals surface area contributed by atoms with Crippen LogP contribution in [0.3, 0.4) is 0 Å². The van der Waals surface area contributed by atoms with Crippen molar-refractivity contribution in [3.63, 3.8) is 0 Å². The zero-order valence-electron chi connectivity index (χ0n) is 18.6. The summed E-state index contributed by atoms with van der Waals surface area (Å²) in [4.78, 5) is 0.557. The molecule has 0 saturated heterocycles. The van der Waals surface area contributed by atoms with Crippen molar-refractivity contribution in [3.8, 4) is 12.8 Å². The second-order valence-corrected chi connectivity index (χ2v) is 11.2. The van der Waals surface area contributed by atoms with Gasteiger partial charge in [-0.2, -0.15) is 0 Å². The summed E-state index contributed by atoms with van der Waals surface area (Å²) in [6, 6.07) is 11.6. The molecule has 0 spiro atoms. The van der Waals surface area contributed by atoms with E-state index in [1.54, 1.807) is 46.8 Å². The minimum atomic E-state index is -3.28. The zero-order valence-corrected chi connectivity index (χ0v) is 22.5.